The number of aliphatic carboxylic acids is 1. The fraction of sp³-hybridized carbons (Fsp3) is 0.214. The standard InChI is InChI=1S/C14H15N3O2/c1-10-4-2-3-5-11(10)16-13-8-9-15-12(17-13)6-7-14(18)19/h2-5,8-9H,6-7H2,1H3,(H,18,19)(H,15,16,17). The molecule has 2 aromatic rings. The smallest absolute Gasteiger partial charge is 0.303 e. The second-order valence-corrected chi connectivity index (χ2v) is 4.19. The van der Waals surface area contributed by atoms with Crippen LogP contribution in [0.2, 0.25) is 0 Å². The van der Waals surface area contributed by atoms with Gasteiger partial charge in [-0.3, -0.25) is 4.79 Å². The summed E-state index contributed by atoms with van der Waals surface area (Å²) in [5.41, 5.74) is 2.10. The lowest BCUT2D eigenvalue weighted by atomic mass is 10.2. The Balaban J connectivity index is 2.11. The number of nitrogens with one attached hydrogen (secondary N) is 1. The van der Waals surface area contributed by atoms with Gasteiger partial charge in [-0.1, -0.05) is 18.2 Å². The molecule has 0 spiro atoms. The van der Waals surface area contributed by atoms with Crippen LogP contribution in [0.1, 0.15) is 17.8 Å². The third kappa shape index (κ3) is 3.77. The van der Waals surface area contributed by atoms with Crippen LogP contribution in [-0.4, -0.2) is 21.0 Å². The van der Waals surface area contributed by atoms with E-state index in [1.54, 1.807) is 12.3 Å². The summed E-state index contributed by atoms with van der Waals surface area (Å²) in [6.45, 7) is 2.01. The fourth-order valence-corrected chi connectivity index (χ4v) is 1.66. The maximum atomic E-state index is 10.5. The molecule has 0 radical (unpaired) electrons. The Morgan fingerprint density at radius 1 is 1.32 bits per heavy atom. The van der Waals surface area contributed by atoms with Crippen LogP contribution in [0.4, 0.5) is 11.5 Å². The highest BCUT2D eigenvalue weighted by Gasteiger charge is 2.04. The van der Waals surface area contributed by atoms with Gasteiger partial charge in [0.25, 0.3) is 0 Å². The molecule has 98 valence electrons. The molecule has 0 aliphatic heterocycles. The van der Waals surface area contributed by atoms with E-state index in [1.807, 2.05) is 31.2 Å². The number of aryl methyl sites for hydroxylation is 2. The van der Waals surface area contributed by atoms with Crippen LogP contribution in [0.3, 0.4) is 0 Å². The first kappa shape index (κ1) is 13.0. The van der Waals surface area contributed by atoms with Crippen molar-refractivity contribution < 1.29 is 9.90 Å². The first-order valence-corrected chi connectivity index (χ1v) is 6.01. The second kappa shape index (κ2) is 5.95. The highest BCUT2D eigenvalue weighted by atomic mass is 16.4. The number of rotatable bonds is 5. The summed E-state index contributed by atoms with van der Waals surface area (Å²) in [5.74, 6) is 0.353. The largest absolute Gasteiger partial charge is 0.481 e. The molecule has 0 atom stereocenters. The zero-order valence-electron chi connectivity index (χ0n) is 10.6. The molecule has 0 bridgehead atoms. The van der Waals surface area contributed by atoms with Crippen LogP contribution >= 0.6 is 0 Å². The minimum Gasteiger partial charge on any atom is -0.481 e. The molecule has 2 N–H and O–H groups in total. The topological polar surface area (TPSA) is 75.1 Å². The maximum absolute atomic E-state index is 10.5. The van der Waals surface area contributed by atoms with E-state index in [0.717, 1.165) is 11.3 Å². The molecular weight excluding hydrogens is 242 g/mol. The highest BCUT2D eigenvalue weighted by molar-refractivity contribution is 5.67. The number of hydrogen-bond donors (Lipinski definition) is 2. The zero-order chi connectivity index (χ0) is 13.7. The van der Waals surface area contributed by atoms with Crippen molar-refractivity contribution in [2.75, 3.05) is 5.32 Å². The molecule has 0 unspecified atom stereocenters. The van der Waals surface area contributed by atoms with Gasteiger partial charge in [0, 0.05) is 18.3 Å². The predicted molar refractivity (Wildman–Crippen MR) is 72.5 cm³/mol. The molecule has 1 aromatic heterocycles. The van der Waals surface area contributed by atoms with Gasteiger partial charge in [0.05, 0.1) is 6.42 Å². The van der Waals surface area contributed by atoms with Gasteiger partial charge in [-0.05, 0) is 24.6 Å². The molecule has 5 nitrogen and oxygen atoms in total. The Kier molecular flexibility index (Phi) is 4.07. The third-order valence-electron chi connectivity index (χ3n) is 2.68. The lowest BCUT2D eigenvalue weighted by Gasteiger charge is -2.09. The summed E-state index contributed by atoms with van der Waals surface area (Å²) < 4.78 is 0. The summed E-state index contributed by atoms with van der Waals surface area (Å²) in [5, 5.41) is 11.8. The quantitative estimate of drug-likeness (QED) is 0.861. The average molecular weight is 257 g/mol. The van der Waals surface area contributed by atoms with Gasteiger partial charge in [0.1, 0.15) is 11.6 Å². The van der Waals surface area contributed by atoms with Gasteiger partial charge in [-0.2, -0.15) is 0 Å². The van der Waals surface area contributed by atoms with Gasteiger partial charge < -0.3 is 10.4 Å². The molecule has 0 aliphatic carbocycles. The predicted octanol–water partition coefficient (Wildman–Crippen LogP) is 2.55. The summed E-state index contributed by atoms with van der Waals surface area (Å²) in [7, 11) is 0. The van der Waals surface area contributed by atoms with E-state index in [2.05, 4.69) is 15.3 Å². The number of para-hydroxylation sites is 1. The SMILES string of the molecule is Cc1ccccc1Nc1ccnc(CCC(=O)O)n1. The minimum atomic E-state index is -0.846. The summed E-state index contributed by atoms with van der Waals surface area (Å²) in [6.07, 6.45) is 2.00. The molecule has 0 saturated carbocycles. The van der Waals surface area contributed by atoms with Crippen molar-refractivity contribution in [3.8, 4) is 0 Å². The number of carbonyl (C=O) groups is 1. The Bertz CT molecular complexity index is 584. The highest BCUT2D eigenvalue weighted by Crippen LogP contribution is 2.18. The number of carboxylic acids is 1. The van der Waals surface area contributed by atoms with E-state index in [4.69, 9.17) is 5.11 Å². The molecule has 0 aliphatic rings. The van der Waals surface area contributed by atoms with Gasteiger partial charge in [0.2, 0.25) is 0 Å². The van der Waals surface area contributed by atoms with E-state index in [-0.39, 0.29) is 6.42 Å². The summed E-state index contributed by atoms with van der Waals surface area (Å²) in [4.78, 5) is 18.9. The van der Waals surface area contributed by atoms with Crippen LogP contribution in [-0.2, 0) is 11.2 Å². The van der Waals surface area contributed by atoms with Crippen molar-refractivity contribution in [1.29, 1.82) is 0 Å². The van der Waals surface area contributed by atoms with E-state index in [1.165, 1.54) is 0 Å². The zero-order valence-corrected chi connectivity index (χ0v) is 10.6. The minimum absolute atomic E-state index is 0.0355. The fourth-order valence-electron chi connectivity index (χ4n) is 1.66. The molecule has 2 rings (SSSR count). The van der Waals surface area contributed by atoms with Crippen LogP contribution in [0.15, 0.2) is 36.5 Å². The molecule has 1 heterocycles. The molecule has 0 amide bonds. The van der Waals surface area contributed by atoms with Gasteiger partial charge in [0.15, 0.2) is 0 Å². The van der Waals surface area contributed by atoms with E-state index >= 15 is 0 Å². The molecule has 19 heavy (non-hydrogen) atoms. The van der Waals surface area contributed by atoms with E-state index in [9.17, 15) is 4.79 Å². The number of aromatic nitrogens is 2. The Morgan fingerprint density at radius 3 is 2.84 bits per heavy atom. The van der Waals surface area contributed by atoms with E-state index in [0.29, 0.717) is 18.1 Å². The number of benzene rings is 1. The molecule has 0 saturated heterocycles. The normalized spacial score (nSPS) is 10.2. The lowest BCUT2D eigenvalue weighted by molar-refractivity contribution is -0.137. The van der Waals surface area contributed by atoms with Crippen molar-refractivity contribution in [1.82, 2.24) is 9.97 Å². The number of anilines is 2. The molecule has 5 heteroatoms. The second-order valence-electron chi connectivity index (χ2n) is 4.19. The molecule has 1 aromatic carbocycles. The van der Waals surface area contributed by atoms with Crippen LogP contribution < -0.4 is 5.32 Å². The first-order valence-electron chi connectivity index (χ1n) is 6.01. The van der Waals surface area contributed by atoms with E-state index < -0.39 is 5.97 Å². The number of hydrogen-bond acceptors (Lipinski definition) is 4. The maximum Gasteiger partial charge on any atom is 0.303 e. The van der Waals surface area contributed by atoms with Gasteiger partial charge in [-0.15, -0.1) is 0 Å². The molecular formula is C14H15N3O2. The Hall–Kier alpha value is -2.43. The third-order valence-corrected chi connectivity index (χ3v) is 2.68. The van der Waals surface area contributed by atoms with Gasteiger partial charge >= 0.3 is 5.97 Å². The monoisotopic (exact) mass is 257 g/mol. The van der Waals surface area contributed by atoms with Crippen molar-refractivity contribution in [2.45, 2.75) is 19.8 Å². The first-order chi connectivity index (χ1) is 9.15. The average Bonchev–Trinajstić information content (AvgIpc) is 2.40. The van der Waals surface area contributed by atoms with Crippen molar-refractivity contribution >= 4 is 17.5 Å². The summed E-state index contributed by atoms with van der Waals surface area (Å²) in [6, 6.07) is 9.65. The van der Waals surface area contributed by atoms with Crippen LogP contribution in [0.25, 0.3) is 0 Å². The summed E-state index contributed by atoms with van der Waals surface area (Å²) >= 11 is 0. The van der Waals surface area contributed by atoms with Gasteiger partial charge in [-0.25, -0.2) is 9.97 Å². The van der Waals surface area contributed by atoms with Crippen molar-refractivity contribution in [3.63, 3.8) is 0 Å². The van der Waals surface area contributed by atoms with Crippen LogP contribution in [0, 0.1) is 6.92 Å². The molecule has 0 fully saturated rings. The number of carboxylic acid groups (broad SMARTS) is 1. The van der Waals surface area contributed by atoms with Crippen molar-refractivity contribution in [2.24, 2.45) is 0 Å². The van der Waals surface area contributed by atoms with Crippen molar-refractivity contribution in [3.05, 3.63) is 47.9 Å². The Morgan fingerprint density at radius 2 is 2.11 bits per heavy atom. The number of nitrogens with zero attached hydrogens (tertiary/aromatic N) is 2. The van der Waals surface area contributed by atoms with Crippen LogP contribution in [0.5, 0.6) is 0 Å². The Labute approximate surface area is 111 Å². The lowest BCUT2D eigenvalue weighted by Crippen LogP contribution is -2.03.